The summed E-state index contributed by atoms with van der Waals surface area (Å²) in [6.07, 6.45) is 5.33. The lowest BCUT2D eigenvalue weighted by atomic mass is 10.1. The average Bonchev–Trinajstić information content (AvgIpc) is 3.37. The molecule has 0 saturated carbocycles. The Labute approximate surface area is 197 Å². The minimum Gasteiger partial charge on any atom is -0.424 e. The second-order valence-corrected chi connectivity index (χ2v) is 8.52. The zero-order chi connectivity index (χ0) is 23.7. The molecule has 0 aliphatic heterocycles. The van der Waals surface area contributed by atoms with E-state index in [0.717, 1.165) is 51.9 Å². The van der Waals surface area contributed by atoms with Crippen molar-refractivity contribution >= 4 is 33.7 Å². The van der Waals surface area contributed by atoms with Crippen LogP contribution in [0.15, 0.2) is 54.7 Å². The summed E-state index contributed by atoms with van der Waals surface area (Å²) in [6, 6.07) is 14.5. The highest BCUT2D eigenvalue weighted by atomic mass is 19.1. The SMILES string of the molecule is CCCC(=O)Oc1cn(CCc2ccc(F)cc2)c2nc(CCC)n3c4ccccc4nc3c12. The lowest BCUT2D eigenvalue weighted by Crippen LogP contribution is -2.07. The van der Waals surface area contributed by atoms with Crippen LogP contribution >= 0.6 is 0 Å². The summed E-state index contributed by atoms with van der Waals surface area (Å²) in [5, 5.41) is 0.736. The molecule has 0 aliphatic carbocycles. The Morgan fingerprint density at radius 3 is 2.53 bits per heavy atom. The first kappa shape index (κ1) is 22.1. The van der Waals surface area contributed by atoms with Crippen molar-refractivity contribution in [2.75, 3.05) is 0 Å². The van der Waals surface area contributed by atoms with E-state index in [1.807, 2.05) is 42.0 Å². The molecule has 0 aliphatic rings. The van der Waals surface area contributed by atoms with Gasteiger partial charge in [-0.25, -0.2) is 14.4 Å². The summed E-state index contributed by atoms with van der Waals surface area (Å²) in [6.45, 7) is 4.69. The second kappa shape index (κ2) is 9.25. The molecule has 5 aromatic rings. The highest BCUT2D eigenvalue weighted by molar-refractivity contribution is 6.00. The number of para-hydroxylation sites is 2. The highest BCUT2D eigenvalue weighted by Gasteiger charge is 2.22. The largest absolute Gasteiger partial charge is 0.424 e. The Morgan fingerprint density at radius 1 is 0.971 bits per heavy atom. The minimum atomic E-state index is -0.271. The molecule has 0 fully saturated rings. The summed E-state index contributed by atoms with van der Waals surface area (Å²) < 4.78 is 23.2. The number of ether oxygens (including phenoxy) is 1. The van der Waals surface area contributed by atoms with Crippen molar-refractivity contribution < 1.29 is 13.9 Å². The first-order valence-electron chi connectivity index (χ1n) is 11.8. The van der Waals surface area contributed by atoms with Crippen molar-refractivity contribution in [3.8, 4) is 5.75 Å². The molecule has 3 aromatic heterocycles. The zero-order valence-electron chi connectivity index (χ0n) is 19.4. The van der Waals surface area contributed by atoms with E-state index in [-0.39, 0.29) is 11.8 Å². The van der Waals surface area contributed by atoms with Gasteiger partial charge in [-0.1, -0.05) is 38.1 Å². The van der Waals surface area contributed by atoms with E-state index in [0.29, 0.717) is 31.6 Å². The van der Waals surface area contributed by atoms with Gasteiger partial charge >= 0.3 is 5.97 Å². The van der Waals surface area contributed by atoms with Gasteiger partial charge in [0.2, 0.25) is 0 Å². The fourth-order valence-electron chi connectivity index (χ4n) is 4.40. The molecule has 0 unspecified atom stereocenters. The number of carbonyl (C=O) groups excluding carboxylic acids is 1. The lowest BCUT2D eigenvalue weighted by Gasteiger charge is -2.09. The second-order valence-electron chi connectivity index (χ2n) is 8.52. The summed E-state index contributed by atoms with van der Waals surface area (Å²) in [7, 11) is 0. The van der Waals surface area contributed by atoms with E-state index < -0.39 is 0 Å². The van der Waals surface area contributed by atoms with Crippen molar-refractivity contribution in [1.82, 2.24) is 18.9 Å². The van der Waals surface area contributed by atoms with Crippen LogP contribution < -0.4 is 4.74 Å². The molecule has 3 heterocycles. The number of nitrogens with zero attached hydrogens (tertiary/aromatic N) is 4. The van der Waals surface area contributed by atoms with Gasteiger partial charge in [0.05, 0.1) is 11.0 Å². The van der Waals surface area contributed by atoms with Gasteiger partial charge in [-0.3, -0.25) is 9.20 Å². The topological polar surface area (TPSA) is 61.4 Å². The molecule has 0 bridgehead atoms. The Morgan fingerprint density at radius 2 is 1.76 bits per heavy atom. The molecule has 7 heteroatoms. The number of imidazole rings is 1. The summed E-state index contributed by atoms with van der Waals surface area (Å²) in [5.41, 5.74) is 4.37. The van der Waals surface area contributed by atoms with E-state index in [9.17, 15) is 9.18 Å². The number of aryl methyl sites for hydroxylation is 3. The zero-order valence-corrected chi connectivity index (χ0v) is 19.4. The van der Waals surface area contributed by atoms with E-state index in [4.69, 9.17) is 14.7 Å². The van der Waals surface area contributed by atoms with Gasteiger partial charge in [0, 0.05) is 25.6 Å². The Hall–Kier alpha value is -3.74. The monoisotopic (exact) mass is 458 g/mol. The van der Waals surface area contributed by atoms with E-state index in [1.54, 1.807) is 12.1 Å². The smallest absolute Gasteiger partial charge is 0.311 e. The minimum absolute atomic E-state index is 0.250. The first-order chi connectivity index (χ1) is 16.6. The van der Waals surface area contributed by atoms with Crippen LogP contribution in [-0.2, 0) is 24.2 Å². The maximum Gasteiger partial charge on any atom is 0.311 e. The Kier molecular flexibility index (Phi) is 6.01. The van der Waals surface area contributed by atoms with Crippen LogP contribution in [0.5, 0.6) is 5.75 Å². The number of rotatable bonds is 8. The first-order valence-corrected chi connectivity index (χ1v) is 11.8. The number of hydrogen-bond acceptors (Lipinski definition) is 4. The van der Waals surface area contributed by atoms with Crippen LogP contribution in [-0.4, -0.2) is 24.9 Å². The van der Waals surface area contributed by atoms with Crippen LogP contribution in [0, 0.1) is 5.82 Å². The quantitative estimate of drug-likeness (QED) is 0.273. The molecule has 2 aromatic carbocycles. The van der Waals surface area contributed by atoms with Gasteiger partial charge in [0.25, 0.3) is 0 Å². The van der Waals surface area contributed by atoms with Gasteiger partial charge < -0.3 is 9.30 Å². The number of benzene rings is 2. The molecule has 0 atom stereocenters. The van der Waals surface area contributed by atoms with Crippen LogP contribution in [0.2, 0.25) is 0 Å². The van der Waals surface area contributed by atoms with E-state index in [2.05, 4.69) is 11.3 Å². The fraction of sp³-hybridized carbons (Fsp3) is 0.296. The number of carbonyl (C=O) groups is 1. The molecule has 5 rings (SSSR count). The number of aromatic nitrogens is 4. The van der Waals surface area contributed by atoms with Crippen LogP contribution in [0.4, 0.5) is 4.39 Å². The lowest BCUT2D eigenvalue weighted by molar-refractivity contribution is -0.134. The molecular formula is C27H27FN4O2. The van der Waals surface area contributed by atoms with E-state index >= 15 is 0 Å². The van der Waals surface area contributed by atoms with Crippen molar-refractivity contribution in [1.29, 1.82) is 0 Å². The molecule has 0 radical (unpaired) electrons. The third-order valence-electron chi connectivity index (χ3n) is 6.00. The van der Waals surface area contributed by atoms with Gasteiger partial charge in [-0.05, 0) is 49.1 Å². The normalized spacial score (nSPS) is 11.6. The number of halogens is 1. The summed E-state index contributed by atoms with van der Waals surface area (Å²) >= 11 is 0. The van der Waals surface area contributed by atoms with Gasteiger partial charge in [0.1, 0.15) is 22.7 Å². The number of hydrogen-bond donors (Lipinski definition) is 0. The molecule has 0 amide bonds. The van der Waals surface area contributed by atoms with Gasteiger partial charge in [0.15, 0.2) is 11.4 Å². The molecule has 0 spiro atoms. The van der Waals surface area contributed by atoms with Crippen molar-refractivity contribution in [2.45, 2.75) is 52.5 Å². The highest BCUT2D eigenvalue weighted by Crippen LogP contribution is 2.34. The summed E-state index contributed by atoms with van der Waals surface area (Å²) in [5.74, 6) is 0.876. The van der Waals surface area contributed by atoms with Crippen LogP contribution in [0.25, 0.3) is 27.7 Å². The molecule has 174 valence electrons. The third kappa shape index (κ3) is 4.02. The predicted molar refractivity (Wildman–Crippen MR) is 131 cm³/mol. The van der Waals surface area contributed by atoms with Crippen molar-refractivity contribution in [3.05, 3.63) is 71.9 Å². The number of fused-ring (bicyclic) bond motifs is 5. The van der Waals surface area contributed by atoms with Gasteiger partial charge in [-0.2, -0.15) is 0 Å². The third-order valence-corrected chi connectivity index (χ3v) is 6.00. The van der Waals surface area contributed by atoms with Crippen molar-refractivity contribution in [2.24, 2.45) is 0 Å². The van der Waals surface area contributed by atoms with E-state index in [1.165, 1.54) is 12.1 Å². The molecule has 0 N–H and O–H groups in total. The average molecular weight is 459 g/mol. The predicted octanol–water partition coefficient (Wildman–Crippen LogP) is 5.88. The Balaban J connectivity index is 1.69. The fourth-order valence-corrected chi connectivity index (χ4v) is 4.40. The molecular weight excluding hydrogens is 431 g/mol. The maximum absolute atomic E-state index is 13.3. The summed E-state index contributed by atoms with van der Waals surface area (Å²) in [4.78, 5) is 22.4. The standard InChI is InChI=1S/C27H27FN4O2/c1-3-7-23-30-26-25(27-29-20-9-5-6-10-21(20)32(23)27)22(34-24(33)8-4-2)17-31(26)16-15-18-11-13-19(28)14-12-18/h5-6,9-14,17H,3-4,7-8,15-16H2,1-2H3. The van der Waals surface area contributed by atoms with Crippen LogP contribution in [0.3, 0.4) is 0 Å². The molecule has 6 nitrogen and oxygen atoms in total. The van der Waals surface area contributed by atoms with Crippen molar-refractivity contribution in [3.63, 3.8) is 0 Å². The number of esters is 1. The Bertz CT molecular complexity index is 1480. The van der Waals surface area contributed by atoms with Gasteiger partial charge in [-0.15, -0.1) is 0 Å². The maximum atomic E-state index is 13.3. The molecule has 34 heavy (non-hydrogen) atoms. The molecule has 0 saturated heterocycles. The van der Waals surface area contributed by atoms with Crippen LogP contribution in [0.1, 0.15) is 44.5 Å².